The summed E-state index contributed by atoms with van der Waals surface area (Å²) in [6, 6.07) is 19.8. The van der Waals surface area contributed by atoms with E-state index in [9.17, 15) is 0 Å². The van der Waals surface area contributed by atoms with E-state index >= 15 is 0 Å². The maximum absolute atomic E-state index is 8.59. The largest absolute Gasteiger partial charge is 0.489 e. The highest BCUT2D eigenvalue weighted by Gasteiger charge is 2.16. The number of hydrogen-bond acceptors (Lipinski definition) is 5. The molecule has 0 N–H and O–H groups in total. The Bertz CT molecular complexity index is 705. The van der Waals surface area contributed by atoms with Crippen LogP contribution in [0.2, 0.25) is 0 Å². The topological polar surface area (TPSA) is 57.9 Å². The Labute approximate surface area is 135 Å². The number of hydrazone groups is 1. The average Bonchev–Trinajstić information content (AvgIpc) is 3.08. The summed E-state index contributed by atoms with van der Waals surface area (Å²) in [6.45, 7) is 1.51. The quantitative estimate of drug-likeness (QED) is 0.822. The Balaban J connectivity index is 1.58. The van der Waals surface area contributed by atoms with Gasteiger partial charge in [-0.1, -0.05) is 30.3 Å². The van der Waals surface area contributed by atoms with Gasteiger partial charge in [0.2, 0.25) is 5.90 Å². The zero-order valence-corrected chi connectivity index (χ0v) is 12.7. The Morgan fingerprint density at radius 3 is 2.65 bits per heavy atom. The second-order valence-electron chi connectivity index (χ2n) is 5.12. The van der Waals surface area contributed by atoms with Crippen molar-refractivity contribution in [1.29, 1.82) is 5.26 Å². The van der Waals surface area contributed by atoms with E-state index in [0.717, 1.165) is 16.9 Å². The average molecular weight is 307 g/mol. The number of benzene rings is 2. The molecular weight excluding hydrogens is 290 g/mol. The lowest BCUT2D eigenvalue weighted by Crippen LogP contribution is -2.15. The van der Waals surface area contributed by atoms with Gasteiger partial charge in [-0.2, -0.15) is 5.26 Å². The molecule has 0 fully saturated rings. The molecule has 0 atom stereocenters. The van der Waals surface area contributed by atoms with E-state index in [1.54, 1.807) is 5.01 Å². The monoisotopic (exact) mass is 307 g/mol. The van der Waals surface area contributed by atoms with Crippen LogP contribution in [0, 0.1) is 11.3 Å². The molecule has 5 nitrogen and oxygen atoms in total. The van der Waals surface area contributed by atoms with Crippen molar-refractivity contribution in [3.8, 4) is 11.8 Å². The highest BCUT2D eigenvalue weighted by molar-refractivity contribution is 5.94. The SMILES string of the molecule is N#CCCN1COC(c2ccc(OCc3ccccc3)cc2)=N1. The third-order valence-electron chi connectivity index (χ3n) is 3.41. The second-order valence-corrected chi connectivity index (χ2v) is 5.12. The van der Waals surface area contributed by atoms with Crippen LogP contribution in [0.25, 0.3) is 0 Å². The molecule has 1 aliphatic heterocycles. The summed E-state index contributed by atoms with van der Waals surface area (Å²) >= 11 is 0. The van der Waals surface area contributed by atoms with Crippen molar-refractivity contribution in [2.45, 2.75) is 13.0 Å². The highest BCUT2D eigenvalue weighted by Crippen LogP contribution is 2.17. The molecule has 0 unspecified atom stereocenters. The van der Waals surface area contributed by atoms with Crippen LogP contribution in [0.1, 0.15) is 17.5 Å². The highest BCUT2D eigenvalue weighted by atomic mass is 16.5. The molecule has 1 aliphatic rings. The standard InChI is InChI=1S/C18H17N3O2/c19-11-4-12-21-14-23-18(20-21)16-7-9-17(10-8-16)22-13-15-5-2-1-3-6-15/h1-3,5-10H,4,12-14H2. The minimum atomic E-state index is 0.392. The van der Waals surface area contributed by atoms with Crippen LogP contribution in [0.5, 0.6) is 5.75 Å². The number of rotatable bonds is 6. The Hall–Kier alpha value is -3.00. The molecule has 0 saturated carbocycles. The van der Waals surface area contributed by atoms with Crippen LogP contribution in [-0.2, 0) is 11.3 Å². The van der Waals surface area contributed by atoms with Crippen LogP contribution >= 0.6 is 0 Å². The summed E-state index contributed by atoms with van der Waals surface area (Å²) < 4.78 is 11.3. The fourth-order valence-electron chi connectivity index (χ4n) is 2.19. The first kappa shape index (κ1) is 14.9. The van der Waals surface area contributed by atoms with Gasteiger partial charge in [0.25, 0.3) is 0 Å². The molecule has 0 radical (unpaired) electrons. The van der Waals surface area contributed by atoms with Gasteiger partial charge in [-0.15, -0.1) is 5.10 Å². The molecule has 116 valence electrons. The first-order valence-electron chi connectivity index (χ1n) is 7.45. The van der Waals surface area contributed by atoms with Gasteiger partial charge in [0.05, 0.1) is 19.0 Å². The van der Waals surface area contributed by atoms with Crippen LogP contribution < -0.4 is 4.74 Å². The van der Waals surface area contributed by atoms with Crippen molar-refractivity contribution in [3.63, 3.8) is 0 Å². The number of hydrogen-bond donors (Lipinski definition) is 0. The fourth-order valence-corrected chi connectivity index (χ4v) is 2.19. The van der Waals surface area contributed by atoms with Crippen molar-refractivity contribution in [1.82, 2.24) is 5.01 Å². The lowest BCUT2D eigenvalue weighted by Gasteiger charge is -2.07. The zero-order valence-electron chi connectivity index (χ0n) is 12.7. The van der Waals surface area contributed by atoms with Crippen LogP contribution in [0.15, 0.2) is 59.7 Å². The van der Waals surface area contributed by atoms with Crippen molar-refractivity contribution in [2.75, 3.05) is 13.3 Å². The van der Waals surface area contributed by atoms with Crippen molar-refractivity contribution in [3.05, 3.63) is 65.7 Å². The van der Waals surface area contributed by atoms with E-state index in [-0.39, 0.29) is 0 Å². The predicted molar refractivity (Wildman–Crippen MR) is 86.6 cm³/mol. The molecule has 5 heteroatoms. The molecular formula is C18H17N3O2. The molecule has 0 amide bonds. The maximum atomic E-state index is 8.59. The minimum Gasteiger partial charge on any atom is -0.489 e. The third kappa shape index (κ3) is 4.01. The Kier molecular flexibility index (Phi) is 4.75. The van der Waals surface area contributed by atoms with Gasteiger partial charge in [0, 0.05) is 5.56 Å². The summed E-state index contributed by atoms with van der Waals surface area (Å²) in [5.74, 6) is 1.38. The molecule has 2 aromatic carbocycles. The fraction of sp³-hybridized carbons (Fsp3) is 0.222. The maximum Gasteiger partial charge on any atom is 0.240 e. The predicted octanol–water partition coefficient (Wildman–Crippen LogP) is 3.13. The normalized spacial score (nSPS) is 13.2. The lowest BCUT2D eigenvalue weighted by atomic mass is 10.2. The van der Waals surface area contributed by atoms with Gasteiger partial charge < -0.3 is 9.47 Å². The van der Waals surface area contributed by atoms with Crippen LogP contribution in [0.3, 0.4) is 0 Å². The molecule has 1 heterocycles. The van der Waals surface area contributed by atoms with Crippen LogP contribution in [0.4, 0.5) is 0 Å². The molecule has 2 aromatic rings. The number of ether oxygens (including phenoxy) is 2. The summed E-state index contributed by atoms with van der Waals surface area (Å²) in [5.41, 5.74) is 2.03. The minimum absolute atomic E-state index is 0.392. The third-order valence-corrected chi connectivity index (χ3v) is 3.41. The smallest absolute Gasteiger partial charge is 0.240 e. The molecule has 3 rings (SSSR count). The Morgan fingerprint density at radius 2 is 1.91 bits per heavy atom. The van der Waals surface area contributed by atoms with Gasteiger partial charge in [0.15, 0.2) is 6.73 Å². The number of nitriles is 1. The molecule has 0 saturated heterocycles. The summed E-state index contributed by atoms with van der Waals surface area (Å²) in [6.07, 6.45) is 0.437. The molecule has 0 aliphatic carbocycles. The summed E-state index contributed by atoms with van der Waals surface area (Å²) in [4.78, 5) is 0. The van der Waals surface area contributed by atoms with Gasteiger partial charge in [0.1, 0.15) is 12.4 Å². The number of nitrogens with zero attached hydrogens (tertiary/aromatic N) is 3. The molecule has 0 bridgehead atoms. The second kappa shape index (κ2) is 7.32. The van der Waals surface area contributed by atoms with Crippen molar-refractivity contribution >= 4 is 5.90 Å². The van der Waals surface area contributed by atoms with E-state index in [0.29, 0.717) is 32.2 Å². The zero-order chi connectivity index (χ0) is 15.9. The van der Waals surface area contributed by atoms with E-state index in [1.165, 1.54) is 0 Å². The van der Waals surface area contributed by atoms with Crippen LogP contribution in [-0.4, -0.2) is 24.2 Å². The molecule has 0 spiro atoms. The lowest BCUT2D eigenvalue weighted by molar-refractivity contribution is 0.172. The van der Waals surface area contributed by atoms with Gasteiger partial charge in [-0.25, -0.2) is 0 Å². The first-order valence-corrected chi connectivity index (χ1v) is 7.45. The van der Waals surface area contributed by atoms with Crippen molar-refractivity contribution in [2.24, 2.45) is 5.10 Å². The van der Waals surface area contributed by atoms with Gasteiger partial charge in [-0.05, 0) is 29.8 Å². The molecule has 23 heavy (non-hydrogen) atoms. The van der Waals surface area contributed by atoms with Crippen molar-refractivity contribution < 1.29 is 9.47 Å². The van der Waals surface area contributed by atoms with Gasteiger partial charge >= 0.3 is 0 Å². The molecule has 0 aromatic heterocycles. The van der Waals surface area contributed by atoms with Gasteiger partial charge in [-0.3, -0.25) is 5.01 Å². The van der Waals surface area contributed by atoms with E-state index in [2.05, 4.69) is 11.2 Å². The van der Waals surface area contributed by atoms with E-state index in [1.807, 2.05) is 54.6 Å². The summed E-state index contributed by atoms with van der Waals surface area (Å²) in [5, 5.41) is 14.7. The Morgan fingerprint density at radius 1 is 1.13 bits per heavy atom. The summed E-state index contributed by atoms with van der Waals surface area (Å²) in [7, 11) is 0. The van der Waals surface area contributed by atoms with E-state index < -0.39 is 0 Å². The first-order chi connectivity index (χ1) is 11.3. The van der Waals surface area contributed by atoms with E-state index in [4.69, 9.17) is 14.7 Å².